The van der Waals surface area contributed by atoms with Crippen molar-refractivity contribution in [2.45, 2.75) is 51.9 Å². The van der Waals surface area contributed by atoms with Gasteiger partial charge in [0.05, 0.1) is 12.0 Å². The molecule has 1 amide bonds. The van der Waals surface area contributed by atoms with Crippen LogP contribution in [-0.2, 0) is 9.53 Å². The van der Waals surface area contributed by atoms with E-state index in [0.717, 1.165) is 32.5 Å². The second-order valence-corrected chi connectivity index (χ2v) is 6.75. The number of halogens is 1. The van der Waals surface area contributed by atoms with Crippen LogP contribution in [0.3, 0.4) is 0 Å². The average Bonchev–Trinajstić information content (AvgIpc) is 2.42. The van der Waals surface area contributed by atoms with Gasteiger partial charge in [-0.15, -0.1) is 12.4 Å². The van der Waals surface area contributed by atoms with Crippen LogP contribution in [0, 0.1) is 10.8 Å². The minimum absolute atomic E-state index is 0. The molecule has 21 heavy (non-hydrogen) atoms. The van der Waals surface area contributed by atoms with Crippen molar-refractivity contribution < 1.29 is 9.53 Å². The molecule has 5 heteroatoms. The fraction of sp³-hybridized carbons (Fsp3) is 0.938. The Morgan fingerprint density at radius 2 is 1.90 bits per heavy atom. The van der Waals surface area contributed by atoms with Crippen LogP contribution in [0.5, 0.6) is 0 Å². The van der Waals surface area contributed by atoms with Gasteiger partial charge < -0.3 is 15.4 Å². The highest BCUT2D eigenvalue weighted by Gasteiger charge is 2.42. The minimum atomic E-state index is -0.308. The topological polar surface area (TPSA) is 50.4 Å². The zero-order valence-electron chi connectivity index (χ0n) is 13.5. The predicted octanol–water partition coefficient (Wildman–Crippen LogP) is 2.51. The van der Waals surface area contributed by atoms with E-state index in [2.05, 4.69) is 17.6 Å². The van der Waals surface area contributed by atoms with Crippen molar-refractivity contribution in [1.82, 2.24) is 10.6 Å². The maximum Gasteiger partial charge on any atom is 0.228 e. The Balaban J connectivity index is 0.00000220. The van der Waals surface area contributed by atoms with E-state index in [0.29, 0.717) is 12.0 Å². The summed E-state index contributed by atoms with van der Waals surface area (Å²) in [5, 5.41) is 6.59. The molecule has 0 unspecified atom stereocenters. The van der Waals surface area contributed by atoms with E-state index in [-0.39, 0.29) is 23.7 Å². The Bertz CT molecular complexity index is 321. The summed E-state index contributed by atoms with van der Waals surface area (Å²) in [5.41, 5.74) is 0.0861. The standard InChI is InChI=1S/C16H30N2O2.ClH/c1-3-5-15(6-4-7-15)12-18-14(19)16(13-20-2)8-10-17-11-9-16;/h17H,3-13H2,1-2H3,(H,18,19);1H. The maximum atomic E-state index is 12.7. The second kappa shape index (κ2) is 8.35. The summed E-state index contributed by atoms with van der Waals surface area (Å²) in [5.74, 6) is 0.211. The Hall–Kier alpha value is -0.320. The Morgan fingerprint density at radius 1 is 1.24 bits per heavy atom. The fourth-order valence-electron chi connectivity index (χ4n) is 3.80. The Kier molecular flexibility index (Phi) is 7.45. The van der Waals surface area contributed by atoms with Gasteiger partial charge in [-0.2, -0.15) is 0 Å². The predicted molar refractivity (Wildman–Crippen MR) is 87.9 cm³/mol. The van der Waals surface area contributed by atoms with Gasteiger partial charge in [-0.05, 0) is 50.6 Å². The molecule has 2 rings (SSSR count). The molecule has 0 spiro atoms. The highest BCUT2D eigenvalue weighted by molar-refractivity contribution is 5.85. The van der Waals surface area contributed by atoms with Crippen molar-refractivity contribution in [2.24, 2.45) is 10.8 Å². The van der Waals surface area contributed by atoms with Gasteiger partial charge in [0.15, 0.2) is 0 Å². The van der Waals surface area contributed by atoms with Crippen LogP contribution in [0.25, 0.3) is 0 Å². The van der Waals surface area contributed by atoms with Crippen molar-refractivity contribution in [2.75, 3.05) is 33.4 Å². The van der Waals surface area contributed by atoms with Gasteiger partial charge >= 0.3 is 0 Å². The number of carbonyl (C=O) groups excluding carboxylic acids is 1. The number of amides is 1. The molecule has 0 aromatic rings. The van der Waals surface area contributed by atoms with Gasteiger partial charge in [0.2, 0.25) is 5.91 Å². The van der Waals surface area contributed by atoms with Crippen LogP contribution in [0.4, 0.5) is 0 Å². The number of piperidine rings is 1. The second-order valence-electron chi connectivity index (χ2n) is 6.75. The molecule has 1 heterocycles. The summed E-state index contributed by atoms with van der Waals surface area (Å²) in [6, 6.07) is 0. The number of hydrogen-bond acceptors (Lipinski definition) is 3. The molecular weight excluding hydrogens is 288 g/mol. The number of nitrogens with one attached hydrogen (secondary N) is 2. The quantitative estimate of drug-likeness (QED) is 0.758. The first-order chi connectivity index (χ1) is 9.66. The lowest BCUT2D eigenvalue weighted by Crippen LogP contribution is -2.52. The average molecular weight is 319 g/mol. The monoisotopic (exact) mass is 318 g/mol. The molecule has 1 saturated carbocycles. The van der Waals surface area contributed by atoms with Gasteiger partial charge in [-0.3, -0.25) is 4.79 Å². The number of carbonyl (C=O) groups is 1. The molecule has 0 bridgehead atoms. The normalized spacial score (nSPS) is 22.8. The SMILES string of the molecule is CCCC1(CNC(=O)C2(COC)CCNCC2)CCC1.Cl. The molecule has 2 N–H and O–H groups in total. The first-order valence-electron chi connectivity index (χ1n) is 8.14. The van der Waals surface area contributed by atoms with Gasteiger partial charge in [0.1, 0.15) is 0 Å². The van der Waals surface area contributed by atoms with E-state index < -0.39 is 0 Å². The highest BCUT2D eigenvalue weighted by Crippen LogP contribution is 2.44. The molecule has 2 aliphatic rings. The molecule has 0 aromatic heterocycles. The highest BCUT2D eigenvalue weighted by atomic mass is 35.5. The number of ether oxygens (including phenoxy) is 1. The molecule has 1 saturated heterocycles. The number of hydrogen-bond donors (Lipinski definition) is 2. The van der Waals surface area contributed by atoms with Crippen LogP contribution in [0.15, 0.2) is 0 Å². The van der Waals surface area contributed by atoms with Crippen molar-refractivity contribution in [3.8, 4) is 0 Å². The van der Waals surface area contributed by atoms with E-state index in [1.54, 1.807) is 7.11 Å². The van der Waals surface area contributed by atoms with Crippen LogP contribution < -0.4 is 10.6 Å². The lowest BCUT2D eigenvalue weighted by Gasteiger charge is -2.43. The molecular formula is C16H31ClN2O2. The fourth-order valence-corrected chi connectivity index (χ4v) is 3.80. The Labute approximate surface area is 135 Å². The van der Waals surface area contributed by atoms with E-state index in [1.165, 1.54) is 32.1 Å². The first-order valence-corrected chi connectivity index (χ1v) is 8.14. The van der Waals surface area contributed by atoms with E-state index in [1.807, 2.05) is 0 Å². The van der Waals surface area contributed by atoms with E-state index >= 15 is 0 Å². The lowest BCUT2D eigenvalue weighted by atomic mass is 9.66. The lowest BCUT2D eigenvalue weighted by molar-refractivity contribution is -0.137. The van der Waals surface area contributed by atoms with Gasteiger partial charge in [-0.1, -0.05) is 19.8 Å². The summed E-state index contributed by atoms with van der Waals surface area (Å²) in [6.45, 7) is 5.47. The smallest absolute Gasteiger partial charge is 0.228 e. The molecule has 1 aliphatic carbocycles. The summed E-state index contributed by atoms with van der Waals surface area (Å²) >= 11 is 0. The molecule has 0 atom stereocenters. The zero-order chi connectivity index (χ0) is 14.5. The summed E-state index contributed by atoms with van der Waals surface area (Å²) in [4.78, 5) is 12.7. The third-order valence-electron chi connectivity index (χ3n) is 5.28. The third-order valence-corrected chi connectivity index (χ3v) is 5.28. The summed E-state index contributed by atoms with van der Waals surface area (Å²) in [6.07, 6.45) is 8.10. The molecule has 4 nitrogen and oxygen atoms in total. The summed E-state index contributed by atoms with van der Waals surface area (Å²) in [7, 11) is 1.70. The molecule has 124 valence electrons. The maximum absolute atomic E-state index is 12.7. The number of methoxy groups -OCH3 is 1. The van der Waals surface area contributed by atoms with Crippen LogP contribution in [-0.4, -0.2) is 39.3 Å². The first kappa shape index (κ1) is 18.7. The van der Waals surface area contributed by atoms with E-state index in [4.69, 9.17) is 4.74 Å². The van der Waals surface area contributed by atoms with Crippen LogP contribution in [0.1, 0.15) is 51.9 Å². The van der Waals surface area contributed by atoms with Gasteiger partial charge in [0.25, 0.3) is 0 Å². The van der Waals surface area contributed by atoms with Gasteiger partial charge in [0, 0.05) is 13.7 Å². The van der Waals surface area contributed by atoms with Crippen molar-refractivity contribution in [1.29, 1.82) is 0 Å². The van der Waals surface area contributed by atoms with Crippen molar-refractivity contribution in [3.05, 3.63) is 0 Å². The van der Waals surface area contributed by atoms with Gasteiger partial charge in [-0.25, -0.2) is 0 Å². The van der Waals surface area contributed by atoms with Crippen molar-refractivity contribution >= 4 is 18.3 Å². The number of rotatable bonds is 7. The summed E-state index contributed by atoms with van der Waals surface area (Å²) < 4.78 is 5.34. The Morgan fingerprint density at radius 3 is 2.38 bits per heavy atom. The zero-order valence-corrected chi connectivity index (χ0v) is 14.3. The third kappa shape index (κ3) is 4.33. The molecule has 1 aliphatic heterocycles. The molecule has 2 fully saturated rings. The van der Waals surface area contributed by atoms with Crippen molar-refractivity contribution in [3.63, 3.8) is 0 Å². The molecule has 0 radical (unpaired) electrons. The largest absolute Gasteiger partial charge is 0.384 e. The molecule has 0 aromatic carbocycles. The minimum Gasteiger partial charge on any atom is -0.384 e. The van der Waals surface area contributed by atoms with Crippen LogP contribution in [0.2, 0.25) is 0 Å². The van der Waals surface area contributed by atoms with E-state index in [9.17, 15) is 4.79 Å². The van der Waals surface area contributed by atoms with Crippen LogP contribution >= 0.6 is 12.4 Å².